The largest absolute Gasteiger partial charge is 0.497 e. The average molecular weight is 358 g/mol. The number of rotatable bonds is 3. The van der Waals surface area contributed by atoms with Gasteiger partial charge in [0.2, 0.25) is 0 Å². The number of aromatic amines is 1. The molecule has 1 saturated carbocycles. The SMILES string of the molecule is COCC1C2CC3c4[nH]c5ccc(OC)cc5c4CCN(C2)C31.O=CO. The summed E-state index contributed by atoms with van der Waals surface area (Å²) in [6.45, 7) is 3.10. The predicted octanol–water partition coefficient (Wildman–Crippen LogP) is 2.48. The molecule has 6 heteroatoms. The zero-order valence-corrected chi connectivity index (χ0v) is 15.3. The number of H-pyrrole nitrogens is 1. The molecule has 0 radical (unpaired) electrons. The number of methoxy groups -OCH3 is 2. The van der Waals surface area contributed by atoms with Crippen LogP contribution >= 0.6 is 0 Å². The van der Waals surface area contributed by atoms with Crippen LogP contribution in [0, 0.1) is 11.8 Å². The van der Waals surface area contributed by atoms with Crippen LogP contribution in [0.15, 0.2) is 18.2 Å². The number of nitrogens with one attached hydrogen (secondary N) is 1. The number of aromatic nitrogens is 1. The summed E-state index contributed by atoms with van der Waals surface area (Å²) in [5.41, 5.74) is 4.27. The quantitative estimate of drug-likeness (QED) is 0.825. The molecule has 3 heterocycles. The third-order valence-corrected chi connectivity index (χ3v) is 6.43. The van der Waals surface area contributed by atoms with E-state index in [1.807, 2.05) is 7.11 Å². The van der Waals surface area contributed by atoms with Gasteiger partial charge in [0, 0.05) is 54.7 Å². The Bertz CT molecular complexity index is 802. The lowest BCUT2D eigenvalue weighted by Crippen LogP contribution is -2.38. The Morgan fingerprint density at radius 1 is 1.38 bits per heavy atom. The van der Waals surface area contributed by atoms with Crippen LogP contribution in [0.2, 0.25) is 0 Å². The molecule has 4 atom stereocenters. The molecule has 1 aliphatic carbocycles. The van der Waals surface area contributed by atoms with E-state index in [1.165, 1.54) is 41.7 Å². The van der Waals surface area contributed by atoms with E-state index < -0.39 is 0 Å². The van der Waals surface area contributed by atoms with Crippen molar-refractivity contribution in [1.82, 2.24) is 9.88 Å². The Labute approximate surface area is 153 Å². The van der Waals surface area contributed by atoms with Gasteiger partial charge in [0.25, 0.3) is 6.47 Å². The second kappa shape index (κ2) is 6.93. The first-order valence-corrected chi connectivity index (χ1v) is 9.21. The van der Waals surface area contributed by atoms with E-state index in [0.29, 0.717) is 17.9 Å². The van der Waals surface area contributed by atoms with Gasteiger partial charge in [-0.1, -0.05) is 0 Å². The van der Waals surface area contributed by atoms with Crippen LogP contribution in [0.4, 0.5) is 0 Å². The van der Waals surface area contributed by atoms with E-state index in [2.05, 4.69) is 28.1 Å². The van der Waals surface area contributed by atoms with Crippen molar-refractivity contribution in [2.24, 2.45) is 11.8 Å². The molecule has 4 unspecified atom stereocenters. The van der Waals surface area contributed by atoms with Gasteiger partial charge in [0.05, 0.1) is 13.7 Å². The summed E-state index contributed by atoms with van der Waals surface area (Å²) < 4.78 is 11.0. The highest BCUT2D eigenvalue weighted by Crippen LogP contribution is 2.53. The number of ether oxygens (including phenoxy) is 2. The number of benzene rings is 1. The maximum absolute atomic E-state index is 8.36. The topological polar surface area (TPSA) is 74.8 Å². The third-order valence-electron chi connectivity index (χ3n) is 6.43. The van der Waals surface area contributed by atoms with Crippen LogP contribution in [0.1, 0.15) is 23.6 Å². The molecule has 2 aliphatic heterocycles. The molecule has 2 aromatic rings. The molecule has 6 nitrogen and oxygen atoms in total. The van der Waals surface area contributed by atoms with Gasteiger partial charge in [0.15, 0.2) is 0 Å². The maximum atomic E-state index is 8.36. The third kappa shape index (κ3) is 2.59. The smallest absolute Gasteiger partial charge is 0.290 e. The standard InChI is InChI=1S/C19H24N2O2.CH2O2/c1-22-10-16-11-7-15-18-13(5-6-21(9-11)19(15)16)14-8-12(23-2)3-4-17(14)20-18;2-1-3/h3-4,8,11,15-16,19-20H,5-7,9-10H2,1-2H3;1H,(H,2,3). The molecule has 5 rings (SSSR count). The lowest BCUT2D eigenvalue weighted by molar-refractivity contribution is -0.122. The normalized spacial score (nSPS) is 29.0. The minimum atomic E-state index is -0.250. The Kier molecular flexibility index (Phi) is 4.63. The second-order valence-electron chi connectivity index (χ2n) is 7.49. The molecular formula is C20H26N2O4. The van der Waals surface area contributed by atoms with E-state index in [4.69, 9.17) is 19.4 Å². The number of hydrogen-bond acceptors (Lipinski definition) is 4. The Morgan fingerprint density at radius 2 is 2.19 bits per heavy atom. The molecule has 1 aromatic heterocycles. The van der Waals surface area contributed by atoms with Crippen molar-refractivity contribution in [3.8, 4) is 5.75 Å². The average Bonchev–Trinajstić information content (AvgIpc) is 3.27. The number of nitrogens with zero attached hydrogens (tertiary/aromatic N) is 1. The Balaban J connectivity index is 0.000000527. The van der Waals surface area contributed by atoms with Gasteiger partial charge >= 0.3 is 0 Å². The number of carbonyl (C=O) groups is 1. The molecule has 2 bridgehead atoms. The summed E-state index contributed by atoms with van der Waals surface area (Å²) in [5.74, 6) is 3.10. The van der Waals surface area contributed by atoms with Crippen molar-refractivity contribution in [3.05, 3.63) is 29.5 Å². The van der Waals surface area contributed by atoms with E-state index in [9.17, 15) is 0 Å². The highest BCUT2D eigenvalue weighted by Gasteiger charge is 2.54. The number of carboxylic acid groups (broad SMARTS) is 1. The molecule has 26 heavy (non-hydrogen) atoms. The van der Waals surface area contributed by atoms with Gasteiger partial charge in [-0.3, -0.25) is 9.69 Å². The molecule has 2 N–H and O–H groups in total. The summed E-state index contributed by atoms with van der Waals surface area (Å²) in [4.78, 5) is 14.8. The number of piperidine rings is 1. The van der Waals surface area contributed by atoms with Gasteiger partial charge in [-0.25, -0.2) is 0 Å². The predicted molar refractivity (Wildman–Crippen MR) is 98.8 cm³/mol. The van der Waals surface area contributed by atoms with Crippen LogP contribution in [-0.4, -0.2) is 61.4 Å². The van der Waals surface area contributed by atoms with E-state index in [1.54, 1.807) is 7.11 Å². The van der Waals surface area contributed by atoms with Gasteiger partial charge in [-0.2, -0.15) is 0 Å². The monoisotopic (exact) mass is 358 g/mol. The first-order valence-electron chi connectivity index (χ1n) is 9.21. The van der Waals surface area contributed by atoms with Crippen molar-refractivity contribution in [3.63, 3.8) is 0 Å². The summed E-state index contributed by atoms with van der Waals surface area (Å²) >= 11 is 0. The molecule has 3 aliphatic rings. The zero-order valence-electron chi connectivity index (χ0n) is 15.3. The Hall–Kier alpha value is -2.05. The summed E-state index contributed by atoms with van der Waals surface area (Å²) in [6, 6.07) is 7.09. The highest BCUT2D eigenvalue weighted by molar-refractivity contribution is 5.86. The number of fused-ring (bicyclic) bond motifs is 5. The molecule has 0 spiro atoms. The van der Waals surface area contributed by atoms with Crippen molar-refractivity contribution in [2.75, 3.05) is 33.9 Å². The lowest BCUT2D eigenvalue weighted by atomic mass is 9.93. The summed E-state index contributed by atoms with van der Waals surface area (Å²) in [7, 11) is 3.59. The van der Waals surface area contributed by atoms with Gasteiger partial charge < -0.3 is 19.6 Å². The maximum Gasteiger partial charge on any atom is 0.290 e. The fraction of sp³-hybridized carbons (Fsp3) is 0.550. The molecule has 140 valence electrons. The van der Waals surface area contributed by atoms with Crippen LogP contribution in [0.5, 0.6) is 5.75 Å². The second-order valence-corrected chi connectivity index (χ2v) is 7.49. The molecular weight excluding hydrogens is 332 g/mol. The van der Waals surface area contributed by atoms with Crippen molar-refractivity contribution in [1.29, 1.82) is 0 Å². The fourth-order valence-electron chi connectivity index (χ4n) is 5.55. The van der Waals surface area contributed by atoms with Gasteiger partial charge in [0.1, 0.15) is 5.75 Å². The first kappa shape index (κ1) is 17.4. The fourth-order valence-corrected chi connectivity index (χ4v) is 5.55. The van der Waals surface area contributed by atoms with Crippen LogP contribution in [0.3, 0.4) is 0 Å². The lowest BCUT2D eigenvalue weighted by Gasteiger charge is -2.31. The van der Waals surface area contributed by atoms with Gasteiger partial charge in [-0.05, 0) is 42.5 Å². The molecule has 1 aromatic carbocycles. The molecule has 2 fully saturated rings. The molecule has 1 saturated heterocycles. The number of hydrogen-bond donors (Lipinski definition) is 2. The van der Waals surface area contributed by atoms with Crippen LogP contribution in [-0.2, 0) is 16.0 Å². The zero-order chi connectivity index (χ0) is 18.3. The van der Waals surface area contributed by atoms with Crippen LogP contribution in [0.25, 0.3) is 10.9 Å². The van der Waals surface area contributed by atoms with Crippen LogP contribution < -0.4 is 4.74 Å². The minimum Gasteiger partial charge on any atom is -0.497 e. The van der Waals surface area contributed by atoms with Crippen molar-refractivity contribution >= 4 is 17.4 Å². The summed E-state index contributed by atoms with van der Waals surface area (Å²) in [6.07, 6.45) is 2.45. The van der Waals surface area contributed by atoms with Gasteiger partial charge in [-0.15, -0.1) is 0 Å². The first-order chi connectivity index (χ1) is 12.7. The summed E-state index contributed by atoms with van der Waals surface area (Å²) in [5, 5.41) is 8.24. The van der Waals surface area contributed by atoms with Crippen molar-refractivity contribution in [2.45, 2.75) is 24.8 Å². The van der Waals surface area contributed by atoms with E-state index in [-0.39, 0.29) is 6.47 Å². The Morgan fingerprint density at radius 3 is 2.92 bits per heavy atom. The minimum absolute atomic E-state index is 0.250. The van der Waals surface area contributed by atoms with E-state index >= 15 is 0 Å². The highest BCUT2D eigenvalue weighted by atomic mass is 16.5. The molecule has 0 amide bonds. The van der Waals surface area contributed by atoms with E-state index in [0.717, 1.165) is 24.7 Å². The van der Waals surface area contributed by atoms with Crippen molar-refractivity contribution < 1.29 is 19.4 Å².